The number of ether oxygens (including phenoxy) is 3. The van der Waals surface area contributed by atoms with Crippen molar-refractivity contribution in [2.45, 2.75) is 59.0 Å². The van der Waals surface area contributed by atoms with Crippen molar-refractivity contribution in [1.82, 2.24) is 4.90 Å². The molecule has 0 aromatic heterocycles. The molecule has 172 valence electrons. The Balaban J connectivity index is 1.48. The van der Waals surface area contributed by atoms with E-state index in [9.17, 15) is 9.59 Å². The Hall–Kier alpha value is -2.08. The molecule has 0 bridgehead atoms. The van der Waals surface area contributed by atoms with Crippen molar-refractivity contribution in [3.05, 3.63) is 29.8 Å². The van der Waals surface area contributed by atoms with Crippen molar-refractivity contribution in [3.8, 4) is 5.75 Å². The van der Waals surface area contributed by atoms with Crippen LogP contribution in [0.5, 0.6) is 5.75 Å². The van der Waals surface area contributed by atoms with Crippen molar-refractivity contribution < 1.29 is 23.8 Å². The largest absolute Gasteiger partial charge is 0.493 e. The van der Waals surface area contributed by atoms with Crippen LogP contribution < -0.4 is 4.74 Å². The third-order valence-corrected chi connectivity index (χ3v) is 5.90. The molecule has 1 heterocycles. The van der Waals surface area contributed by atoms with Crippen molar-refractivity contribution in [2.75, 3.05) is 32.9 Å². The molecule has 1 amide bonds. The van der Waals surface area contributed by atoms with Gasteiger partial charge in [-0.3, -0.25) is 4.79 Å². The number of nitrogens with zero attached hydrogens (tertiary/aromatic N) is 1. The fourth-order valence-electron chi connectivity index (χ4n) is 3.95. The number of amides is 1. The number of carbonyl (C=O) groups is 2. The van der Waals surface area contributed by atoms with E-state index in [-0.39, 0.29) is 17.8 Å². The van der Waals surface area contributed by atoms with Crippen LogP contribution in [-0.2, 0) is 9.47 Å². The lowest BCUT2D eigenvalue weighted by molar-refractivity contribution is 0.0165. The molecule has 3 rings (SSSR count). The van der Waals surface area contributed by atoms with Gasteiger partial charge in [0.1, 0.15) is 11.4 Å². The predicted octanol–water partition coefficient (Wildman–Crippen LogP) is 4.96. The molecule has 6 nitrogen and oxygen atoms in total. The first-order valence-electron chi connectivity index (χ1n) is 11.6. The molecule has 1 aromatic carbocycles. The van der Waals surface area contributed by atoms with Gasteiger partial charge < -0.3 is 19.1 Å². The Kier molecular flexibility index (Phi) is 7.98. The van der Waals surface area contributed by atoms with Gasteiger partial charge in [0, 0.05) is 31.2 Å². The summed E-state index contributed by atoms with van der Waals surface area (Å²) >= 11 is 0. The number of likely N-dealkylation sites (tertiary alicyclic amines) is 1. The van der Waals surface area contributed by atoms with Gasteiger partial charge in [0.25, 0.3) is 0 Å². The standard InChI is InChI=1S/C25H37NO5/c1-5-29-17-22(19-9-10-19)23(27)20-7-6-8-21(15-20)30-16-18-11-13-26(14-12-18)24(28)31-25(2,3)4/h6-8,15,18-19,22H,5,9-14,16-17H2,1-4H3. The highest BCUT2D eigenvalue weighted by Crippen LogP contribution is 2.39. The zero-order chi connectivity index (χ0) is 22.4. The van der Waals surface area contributed by atoms with Crippen molar-refractivity contribution in [2.24, 2.45) is 17.8 Å². The minimum Gasteiger partial charge on any atom is -0.493 e. The molecule has 1 saturated carbocycles. The smallest absolute Gasteiger partial charge is 0.410 e. The van der Waals surface area contributed by atoms with E-state index in [0.717, 1.165) is 31.4 Å². The molecule has 1 aromatic rings. The second-order valence-electron chi connectivity index (χ2n) is 9.72. The monoisotopic (exact) mass is 431 g/mol. The third kappa shape index (κ3) is 7.23. The first-order valence-corrected chi connectivity index (χ1v) is 11.6. The van der Waals surface area contributed by atoms with Gasteiger partial charge in [0.05, 0.1) is 13.2 Å². The zero-order valence-corrected chi connectivity index (χ0v) is 19.4. The maximum Gasteiger partial charge on any atom is 0.410 e. The molecule has 0 N–H and O–H groups in total. The number of ketones is 1. The van der Waals surface area contributed by atoms with Crippen LogP contribution in [0, 0.1) is 17.8 Å². The maximum absolute atomic E-state index is 13.0. The van der Waals surface area contributed by atoms with E-state index in [0.29, 0.717) is 50.3 Å². The molecule has 1 aliphatic carbocycles. The number of carbonyl (C=O) groups excluding carboxylic acids is 2. The third-order valence-electron chi connectivity index (χ3n) is 5.90. The number of Topliss-reactive ketones (excluding diaryl/α,β-unsaturated/α-hetero) is 1. The lowest BCUT2D eigenvalue weighted by Gasteiger charge is -2.33. The SMILES string of the molecule is CCOCC(C(=O)c1cccc(OCC2CCN(C(=O)OC(C)(C)C)CC2)c1)C1CC1. The van der Waals surface area contributed by atoms with Crippen molar-refractivity contribution in [1.29, 1.82) is 0 Å². The molecule has 2 fully saturated rings. The van der Waals surface area contributed by atoms with Crippen molar-refractivity contribution >= 4 is 11.9 Å². The Labute approximate surface area is 186 Å². The van der Waals surface area contributed by atoms with Crippen LogP contribution in [0.1, 0.15) is 63.7 Å². The van der Waals surface area contributed by atoms with Crippen LogP contribution in [0.25, 0.3) is 0 Å². The second kappa shape index (κ2) is 10.5. The minimum absolute atomic E-state index is 0.0487. The maximum atomic E-state index is 13.0. The van der Waals surface area contributed by atoms with Gasteiger partial charge in [-0.1, -0.05) is 12.1 Å². The van der Waals surface area contributed by atoms with Gasteiger partial charge in [0.2, 0.25) is 0 Å². The van der Waals surface area contributed by atoms with E-state index in [4.69, 9.17) is 14.2 Å². The first-order chi connectivity index (χ1) is 14.8. The lowest BCUT2D eigenvalue weighted by Crippen LogP contribution is -2.42. The van der Waals surface area contributed by atoms with Crippen LogP contribution in [0.3, 0.4) is 0 Å². The summed E-state index contributed by atoms with van der Waals surface area (Å²) < 4.78 is 17.0. The van der Waals surface area contributed by atoms with Gasteiger partial charge in [0.15, 0.2) is 5.78 Å². The second-order valence-corrected chi connectivity index (χ2v) is 9.72. The average Bonchev–Trinajstić information content (AvgIpc) is 3.57. The molecular formula is C25H37NO5. The van der Waals surface area contributed by atoms with Gasteiger partial charge in [-0.2, -0.15) is 0 Å². The number of benzene rings is 1. The van der Waals surface area contributed by atoms with E-state index < -0.39 is 5.60 Å². The summed E-state index contributed by atoms with van der Waals surface area (Å²) in [6.07, 6.45) is 3.75. The van der Waals surface area contributed by atoms with Crippen LogP contribution in [0.2, 0.25) is 0 Å². The molecule has 2 aliphatic rings. The molecule has 0 radical (unpaired) electrons. The summed E-state index contributed by atoms with van der Waals surface area (Å²) in [5.74, 6) is 1.68. The number of hydrogen-bond acceptors (Lipinski definition) is 5. The molecule has 1 atom stereocenters. The average molecular weight is 432 g/mol. The topological polar surface area (TPSA) is 65.1 Å². The van der Waals surface area contributed by atoms with Crippen LogP contribution in [0.15, 0.2) is 24.3 Å². The first kappa shape index (κ1) is 23.6. The molecule has 1 saturated heterocycles. The van der Waals surface area contributed by atoms with E-state index in [1.54, 1.807) is 4.90 Å². The van der Waals surface area contributed by atoms with Crippen LogP contribution in [0.4, 0.5) is 4.79 Å². The predicted molar refractivity (Wildman–Crippen MR) is 120 cm³/mol. The highest BCUT2D eigenvalue weighted by molar-refractivity contribution is 5.98. The summed E-state index contributed by atoms with van der Waals surface area (Å²) in [5.41, 5.74) is 0.231. The summed E-state index contributed by atoms with van der Waals surface area (Å²) in [7, 11) is 0. The Bertz CT molecular complexity index is 745. The molecule has 1 unspecified atom stereocenters. The normalized spacial score (nSPS) is 18.5. The summed E-state index contributed by atoms with van der Waals surface area (Å²) in [5, 5.41) is 0. The Morgan fingerprint density at radius 3 is 2.45 bits per heavy atom. The van der Waals surface area contributed by atoms with Crippen LogP contribution in [-0.4, -0.2) is 55.3 Å². The van der Waals surface area contributed by atoms with Gasteiger partial charge >= 0.3 is 6.09 Å². The van der Waals surface area contributed by atoms with E-state index in [1.165, 1.54) is 0 Å². The Morgan fingerprint density at radius 2 is 1.84 bits per heavy atom. The fraction of sp³-hybridized carbons (Fsp3) is 0.680. The summed E-state index contributed by atoms with van der Waals surface area (Å²) in [6, 6.07) is 7.52. The highest BCUT2D eigenvalue weighted by Gasteiger charge is 2.36. The number of piperidine rings is 1. The van der Waals surface area contributed by atoms with Crippen molar-refractivity contribution in [3.63, 3.8) is 0 Å². The van der Waals surface area contributed by atoms with Gasteiger partial charge in [-0.25, -0.2) is 4.79 Å². The van der Waals surface area contributed by atoms with E-state index in [1.807, 2.05) is 52.0 Å². The molecule has 6 heteroatoms. The number of hydrogen-bond donors (Lipinski definition) is 0. The Morgan fingerprint density at radius 1 is 1.13 bits per heavy atom. The summed E-state index contributed by atoms with van der Waals surface area (Å²) in [4.78, 5) is 27.0. The highest BCUT2D eigenvalue weighted by atomic mass is 16.6. The quantitative estimate of drug-likeness (QED) is 0.517. The minimum atomic E-state index is -0.472. The number of rotatable bonds is 9. The zero-order valence-electron chi connectivity index (χ0n) is 19.4. The van der Waals surface area contributed by atoms with Crippen LogP contribution >= 0.6 is 0 Å². The fourth-order valence-corrected chi connectivity index (χ4v) is 3.95. The molecule has 1 aliphatic heterocycles. The summed E-state index contributed by atoms with van der Waals surface area (Å²) in [6.45, 7) is 10.7. The van der Waals surface area contributed by atoms with E-state index >= 15 is 0 Å². The van der Waals surface area contributed by atoms with Gasteiger partial charge in [-0.15, -0.1) is 0 Å². The molecular weight excluding hydrogens is 394 g/mol. The molecule has 0 spiro atoms. The van der Waals surface area contributed by atoms with E-state index in [2.05, 4.69) is 0 Å². The lowest BCUT2D eigenvalue weighted by atomic mass is 9.94. The molecule has 31 heavy (non-hydrogen) atoms. The van der Waals surface area contributed by atoms with Gasteiger partial charge in [-0.05, 0) is 77.3 Å².